The van der Waals surface area contributed by atoms with Crippen LogP contribution in [0.5, 0.6) is 0 Å². The molecule has 5 nitrogen and oxygen atoms in total. The Bertz CT molecular complexity index is 575. The van der Waals surface area contributed by atoms with E-state index in [-0.39, 0.29) is 12.3 Å². The summed E-state index contributed by atoms with van der Waals surface area (Å²) in [4.78, 5) is 10.5. The van der Waals surface area contributed by atoms with Crippen LogP contribution in [0.2, 0.25) is 0 Å². The minimum Gasteiger partial charge on any atom is -0.481 e. The van der Waals surface area contributed by atoms with Crippen molar-refractivity contribution in [3.8, 4) is 0 Å². The fourth-order valence-electron chi connectivity index (χ4n) is 3.34. The van der Waals surface area contributed by atoms with E-state index < -0.39 is 18.2 Å². The monoisotopic (exact) mass is 350 g/mol. The Morgan fingerprint density at radius 3 is 2.88 bits per heavy atom. The molecule has 1 aromatic heterocycles. The van der Waals surface area contributed by atoms with Crippen molar-refractivity contribution in [2.75, 3.05) is 0 Å². The van der Waals surface area contributed by atoms with E-state index in [1.54, 1.807) is 6.08 Å². The van der Waals surface area contributed by atoms with Gasteiger partial charge in [-0.1, -0.05) is 38.3 Å². The molecule has 5 heteroatoms. The second-order valence-electron chi connectivity index (χ2n) is 6.94. The molecule has 0 saturated heterocycles. The Morgan fingerprint density at radius 1 is 1.36 bits per heavy atom. The summed E-state index contributed by atoms with van der Waals surface area (Å²) in [5, 5.41) is 28.9. The number of unbranched alkanes of at least 4 members (excludes halogenated alkanes) is 3. The van der Waals surface area contributed by atoms with Crippen LogP contribution in [0.25, 0.3) is 0 Å². The van der Waals surface area contributed by atoms with Gasteiger partial charge >= 0.3 is 5.97 Å². The van der Waals surface area contributed by atoms with Crippen LogP contribution >= 0.6 is 0 Å². The van der Waals surface area contributed by atoms with Crippen LogP contribution in [0, 0.1) is 0 Å². The quantitative estimate of drug-likeness (QED) is 0.419. The lowest BCUT2D eigenvalue weighted by molar-refractivity contribution is -0.137. The van der Waals surface area contributed by atoms with Gasteiger partial charge in [0.2, 0.25) is 0 Å². The topological polar surface area (TPSA) is 90.9 Å². The lowest BCUT2D eigenvalue weighted by Crippen LogP contribution is -2.12. The highest BCUT2D eigenvalue weighted by Crippen LogP contribution is 2.37. The van der Waals surface area contributed by atoms with Crippen LogP contribution in [0.3, 0.4) is 0 Å². The second kappa shape index (κ2) is 9.78. The lowest BCUT2D eigenvalue weighted by Gasteiger charge is -2.11. The summed E-state index contributed by atoms with van der Waals surface area (Å²) in [6.07, 6.45) is 9.52. The number of carbonyl (C=O) groups is 1. The molecule has 0 radical (unpaired) electrons. The van der Waals surface area contributed by atoms with Gasteiger partial charge < -0.3 is 19.7 Å². The first kappa shape index (κ1) is 19.7. The summed E-state index contributed by atoms with van der Waals surface area (Å²) in [7, 11) is 0. The van der Waals surface area contributed by atoms with Gasteiger partial charge in [-0.15, -0.1) is 0 Å². The summed E-state index contributed by atoms with van der Waals surface area (Å²) in [5.74, 6) is 0.764. The molecule has 25 heavy (non-hydrogen) atoms. The third kappa shape index (κ3) is 6.01. The van der Waals surface area contributed by atoms with Gasteiger partial charge in [-0.05, 0) is 25.3 Å². The molecule has 1 aliphatic rings. The van der Waals surface area contributed by atoms with Crippen LogP contribution < -0.4 is 0 Å². The lowest BCUT2D eigenvalue weighted by atomic mass is 9.98. The smallest absolute Gasteiger partial charge is 0.303 e. The number of rotatable bonds is 11. The van der Waals surface area contributed by atoms with Crippen molar-refractivity contribution in [1.29, 1.82) is 0 Å². The van der Waals surface area contributed by atoms with Crippen LogP contribution in [0.4, 0.5) is 0 Å². The van der Waals surface area contributed by atoms with Crippen LogP contribution in [0.1, 0.15) is 74.9 Å². The molecule has 2 rings (SSSR count). The first-order valence-corrected chi connectivity index (χ1v) is 9.39. The summed E-state index contributed by atoms with van der Waals surface area (Å²) in [6, 6.07) is 1.98. The Balaban J connectivity index is 1.89. The molecule has 0 saturated carbocycles. The zero-order valence-corrected chi connectivity index (χ0v) is 15.0. The largest absolute Gasteiger partial charge is 0.481 e. The molecule has 140 valence electrons. The van der Waals surface area contributed by atoms with E-state index in [2.05, 4.69) is 6.92 Å². The zero-order chi connectivity index (χ0) is 18.2. The summed E-state index contributed by atoms with van der Waals surface area (Å²) in [6.45, 7) is 2.14. The molecular weight excluding hydrogens is 320 g/mol. The molecule has 0 aliphatic heterocycles. The van der Waals surface area contributed by atoms with Gasteiger partial charge in [0.15, 0.2) is 0 Å². The standard InChI is InChI=1S/C20H30O5/c1-2-3-4-7-14(21)10-11-16-17-12-15(8-5-6-9-20(23)24)25-19(17)13-18(16)22/h10-12,14,16,18,21-22H,2-9,13H2,1H3,(H,23,24)/t14-,16-,18-/m1/s1. The Morgan fingerprint density at radius 2 is 2.16 bits per heavy atom. The molecule has 0 aromatic carbocycles. The van der Waals surface area contributed by atoms with E-state index in [0.29, 0.717) is 19.3 Å². The third-order valence-electron chi connectivity index (χ3n) is 4.77. The van der Waals surface area contributed by atoms with Crippen molar-refractivity contribution < 1.29 is 24.5 Å². The van der Waals surface area contributed by atoms with E-state index in [0.717, 1.165) is 49.2 Å². The Kier molecular flexibility index (Phi) is 7.72. The number of furan rings is 1. The third-order valence-corrected chi connectivity index (χ3v) is 4.77. The number of fused-ring (bicyclic) bond motifs is 1. The number of aliphatic hydroxyl groups is 2. The van der Waals surface area contributed by atoms with Crippen molar-refractivity contribution in [3.63, 3.8) is 0 Å². The van der Waals surface area contributed by atoms with Crippen LogP contribution in [0.15, 0.2) is 22.6 Å². The maximum Gasteiger partial charge on any atom is 0.303 e. The molecule has 1 aromatic rings. The summed E-state index contributed by atoms with van der Waals surface area (Å²) in [5.41, 5.74) is 0.998. The Hall–Kier alpha value is -1.59. The van der Waals surface area contributed by atoms with Crippen molar-refractivity contribution in [2.24, 2.45) is 0 Å². The molecule has 1 heterocycles. The van der Waals surface area contributed by atoms with Gasteiger partial charge in [0.05, 0.1) is 12.2 Å². The fourth-order valence-corrected chi connectivity index (χ4v) is 3.34. The highest BCUT2D eigenvalue weighted by atomic mass is 16.4. The minimum atomic E-state index is -0.771. The highest BCUT2D eigenvalue weighted by molar-refractivity contribution is 5.66. The van der Waals surface area contributed by atoms with E-state index in [4.69, 9.17) is 9.52 Å². The number of aliphatic hydroxyl groups excluding tert-OH is 2. The molecule has 1 aliphatic carbocycles. The second-order valence-corrected chi connectivity index (χ2v) is 6.94. The van der Waals surface area contributed by atoms with Crippen LogP contribution in [-0.2, 0) is 17.6 Å². The summed E-state index contributed by atoms with van der Waals surface area (Å²) >= 11 is 0. The number of aryl methyl sites for hydroxylation is 1. The number of hydrogen-bond acceptors (Lipinski definition) is 4. The molecule has 0 amide bonds. The summed E-state index contributed by atoms with van der Waals surface area (Å²) < 4.78 is 5.82. The SMILES string of the molecule is CCCCC[C@@H](O)C=C[C@@H]1c2cc(CCCCC(=O)O)oc2C[C@H]1O. The van der Waals surface area contributed by atoms with Crippen molar-refractivity contribution in [2.45, 2.75) is 82.8 Å². The highest BCUT2D eigenvalue weighted by Gasteiger charge is 2.33. The molecule has 3 N–H and O–H groups in total. The number of carboxylic acid groups (broad SMARTS) is 1. The van der Waals surface area contributed by atoms with Crippen molar-refractivity contribution in [1.82, 2.24) is 0 Å². The van der Waals surface area contributed by atoms with Gasteiger partial charge in [-0.25, -0.2) is 0 Å². The molecule has 0 fully saturated rings. The first-order chi connectivity index (χ1) is 12.0. The number of aliphatic carboxylic acids is 1. The van der Waals surface area contributed by atoms with Gasteiger partial charge in [-0.2, -0.15) is 0 Å². The molecule has 0 unspecified atom stereocenters. The van der Waals surface area contributed by atoms with Gasteiger partial charge in [0, 0.05) is 30.7 Å². The van der Waals surface area contributed by atoms with E-state index in [1.807, 2.05) is 12.1 Å². The van der Waals surface area contributed by atoms with Gasteiger partial charge in [-0.3, -0.25) is 4.79 Å². The predicted molar refractivity (Wildman–Crippen MR) is 95.6 cm³/mol. The van der Waals surface area contributed by atoms with Gasteiger partial charge in [0.1, 0.15) is 11.5 Å². The minimum absolute atomic E-state index is 0.132. The number of carboxylic acids is 1. The van der Waals surface area contributed by atoms with Crippen molar-refractivity contribution >= 4 is 5.97 Å². The molecule has 3 atom stereocenters. The molecule has 0 spiro atoms. The van der Waals surface area contributed by atoms with E-state index in [9.17, 15) is 15.0 Å². The normalized spacial score (nSPS) is 20.9. The maximum atomic E-state index is 10.5. The van der Waals surface area contributed by atoms with E-state index >= 15 is 0 Å². The maximum absolute atomic E-state index is 10.5. The van der Waals surface area contributed by atoms with Gasteiger partial charge in [0.25, 0.3) is 0 Å². The van der Waals surface area contributed by atoms with E-state index in [1.165, 1.54) is 0 Å². The zero-order valence-electron chi connectivity index (χ0n) is 15.0. The number of hydrogen-bond donors (Lipinski definition) is 3. The van der Waals surface area contributed by atoms with Crippen LogP contribution in [-0.4, -0.2) is 33.5 Å². The predicted octanol–water partition coefficient (Wildman–Crippen LogP) is 3.58. The molecule has 0 bridgehead atoms. The average Bonchev–Trinajstić information content (AvgIpc) is 3.06. The average molecular weight is 350 g/mol. The van der Waals surface area contributed by atoms with Crippen molar-refractivity contribution in [3.05, 3.63) is 35.3 Å². The Labute approximate surface area is 149 Å². The molecular formula is C20H30O5. The fraction of sp³-hybridized carbons (Fsp3) is 0.650. The first-order valence-electron chi connectivity index (χ1n) is 9.39.